The number of aromatic nitrogens is 1. The highest BCUT2D eigenvalue weighted by atomic mass is 35.5. The third kappa shape index (κ3) is 3.15. The van der Waals surface area contributed by atoms with Gasteiger partial charge in [0.25, 0.3) is 11.5 Å². The lowest BCUT2D eigenvalue weighted by Gasteiger charge is -2.26. The minimum absolute atomic E-state index is 0.0959. The molecule has 1 amide bonds. The number of H-pyrrole nitrogens is 1. The van der Waals surface area contributed by atoms with Gasteiger partial charge in [0.1, 0.15) is 5.82 Å². The van der Waals surface area contributed by atoms with Crippen LogP contribution in [0.15, 0.2) is 53.5 Å². The van der Waals surface area contributed by atoms with Crippen molar-refractivity contribution in [2.24, 2.45) is 0 Å². The van der Waals surface area contributed by atoms with Gasteiger partial charge in [0.05, 0.1) is 11.1 Å². The van der Waals surface area contributed by atoms with Gasteiger partial charge in [-0.15, -0.1) is 0 Å². The van der Waals surface area contributed by atoms with E-state index in [0.717, 1.165) is 10.9 Å². The van der Waals surface area contributed by atoms with Crippen molar-refractivity contribution < 1.29 is 9.18 Å². The zero-order valence-electron chi connectivity index (χ0n) is 13.7. The number of hydrogen-bond acceptors (Lipinski definition) is 2. The van der Waals surface area contributed by atoms with Crippen LogP contribution in [0.25, 0.3) is 10.8 Å². The van der Waals surface area contributed by atoms with Gasteiger partial charge in [-0.3, -0.25) is 9.59 Å². The Morgan fingerprint density at radius 1 is 1.20 bits per heavy atom. The highest BCUT2D eigenvalue weighted by Gasteiger charge is 2.21. The number of rotatable bonds is 3. The van der Waals surface area contributed by atoms with Crippen LogP contribution in [0.2, 0.25) is 5.02 Å². The number of hydrogen-bond donors (Lipinski definition) is 1. The molecule has 0 aliphatic carbocycles. The zero-order valence-corrected chi connectivity index (χ0v) is 14.5. The van der Waals surface area contributed by atoms with Crippen LogP contribution in [0.5, 0.6) is 0 Å². The molecule has 25 heavy (non-hydrogen) atoms. The molecule has 0 aliphatic rings. The van der Waals surface area contributed by atoms with Gasteiger partial charge in [-0.25, -0.2) is 4.39 Å². The van der Waals surface area contributed by atoms with E-state index in [0.29, 0.717) is 10.9 Å². The Morgan fingerprint density at radius 2 is 1.88 bits per heavy atom. The van der Waals surface area contributed by atoms with E-state index in [2.05, 4.69) is 4.98 Å². The fourth-order valence-corrected chi connectivity index (χ4v) is 2.98. The first-order valence-electron chi connectivity index (χ1n) is 7.72. The molecule has 0 unspecified atom stereocenters. The molecule has 6 heteroatoms. The monoisotopic (exact) mass is 358 g/mol. The largest absolute Gasteiger partial charge is 0.335 e. The Balaban J connectivity index is 1.99. The standard InChI is InChI=1S/C19H16ClFN2O2/c1-11(15-10-22-18(24)14-6-4-3-5-13(14)15)23(2)19(25)12-7-8-17(21)16(20)9-12/h3-11H,1-2H3,(H,22,24)/t11-/m1/s1. The predicted molar refractivity (Wildman–Crippen MR) is 96.5 cm³/mol. The van der Waals surface area contributed by atoms with Gasteiger partial charge in [-0.05, 0) is 42.1 Å². The highest BCUT2D eigenvalue weighted by Crippen LogP contribution is 2.26. The van der Waals surface area contributed by atoms with E-state index in [1.165, 1.54) is 23.1 Å². The Hall–Kier alpha value is -2.66. The molecule has 0 spiro atoms. The van der Waals surface area contributed by atoms with E-state index in [4.69, 9.17) is 11.6 Å². The number of nitrogens with zero attached hydrogens (tertiary/aromatic N) is 1. The molecule has 3 rings (SSSR count). The predicted octanol–water partition coefficient (Wildman–Crippen LogP) is 4.15. The lowest BCUT2D eigenvalue weighted by Crippen LogP contribution is -2.30. The molecule has 3 aromatic rings. The SMILES string of the molecule is C[C@H](c1c[nH]c(=O)c2ccccc12)N(C)C(=O)c1ccc(F)c(Cl)c1. The number of nitrogens with one attached hydrogen (secondary N) is 1. The van der Waals surface area contributed by atoms with E-state index in [1.54, 1.807) is 25.4 Å². The average molecular weight is 359 g/mol. The molecule has 0 saturated carbocycles. The summed E-state index contributed by atoms with van der Waals surface area (Å²) in [6, 6.07) is 10.8. The van der Waals surface area contributed by atoms with Crippen LogP contribution >= 0.6 is 11.6 Å². The fraction of sp³-hybridized carbons (Fsp3) is 0.158. The Kier molecular flexibility index (Phi) is 4.59. The second-order valence-electron chi connectivity index (χ2n) is 5.84. The maximum Gasteiger partial charge on any atom is 0.255 e. The molecule has 1 aromatic heterocycles. The number of halogens is 2. The summed E-state index contributed by atoms with van der Waals surface area (Å²) < 4.78 is 13.3. The minimum atomic E-state index is -0.569. The van der Waals surface area contributed by atoms with Gasteiger partial charge in [0.2, 0.25) is 0 Å². The van der Waals surface area contributed by atoms with Crippen LogP contribution in [0.1, 0.15) is 28.9 Å². The molecular formula is C19H16ClFN2O2. The fourth-order valence-electron chi connectivity index (χ4n) is 2.79. The quantitative estimate of drug-likeness (QED) is 0.764. The summed E-state index contributed by atoms with van der Waals surface area (Å²) in [5, 5.41) is 1.26. The lowest BCUT2D eigenvalue weighted by atomic mass is 10.0. The van der Waals surface area contributed by atoms with E-state index in [-0.39, 0.29) is 22.5 Å². The first-order chi connectivity index (χ1) is 11.9. The van der Waals surface area contributed by atoms with Crippen molar-refractivity contribution in [3.05, 3.63) is 81.0 Å². The molecule has 1 N–H and O–H groups in total. The van der Waals surface area contributed by atoms with Crippen molar-refractivity contribution in [1.82, 2.24) is 9.88 Å². The van der Waals surface area contributed by atoms with Gasteiger partial charge in [0, 0.05) is 24.2 Å². The van der Waals surface area contributed by atoms with E-state index >= 15 is 0 Å². The zero-order chi connectivity index (χ0) is 18.1. The number of aromatic amines is 1. The summed E-state index contributed by atoms with van der Waals surface area (Å²) in [4.78, 5) is 28.9. The number of fused-ring (bicyclic) bond motifs is 1. The second kappa shape index (κ2) is 6.69. The average Bonchev–Trinajstić information content (AvgIpc) is 2.63. The molecule has 0 fully saturated rings. The molecule has 1 atom stereocenters. The second-order valence-corrected chi connectivity index (χ2v) is 6.25. The van der Waals surface area contributed by atoms with Crippen LogP contribution < -0.4 is 5.56 Å². The molecule has 0 radical (unpaired) electrons. The third-order valence-corrected chi connectivity index (χ3v) is 4.65. The Morgan fingerprint density at radius 3 is 2.56 bits per heavy atom. The number of pyridine rings is 1. The van der Waals surface area contributed by atoms with E-state index < -0.39 is 5.82 Å². The van der Waals surface area contributed by atoms with Crippen molar-refractivity contribution in [3.63, 3.8) is 0 Å². The maximum atomic E-state index is 13.3. The van der Waals surface area contributed by atoms with Crippen LogP contribution in [-0.2, 0) is 0 Å². The molecule has 0 aliphatic heterocycles. The highest BCUT2D eigenvalue weighted by molar-refractivity contribution is 6.31. The number of carbonyl (C=O) groups is 1. The molecule has 0 saturated heterocycles. The van der Waals surface area contributed by atoms with Crippen LogP contribution in [-0.4, -0.2) is 22.8 Å². The normalized spacial score (nSPS) is 12.2. The summed E-state index contributed by atoms with van der Waals surface area (Å²) in [5.74, 6) is -0.856. The van der Waals surface area contributed by atoms with Crippen LogP contribution in [0, 0.1) is 5.82 Å². The summed E-state index contributed by atoms with van der Waals surface area (Å²) in [5.41, 5.74) is 0.944. The van der Waals surface area contributed by atoms with E-state index in [1.807, 2.05) is 19.1 Å². The van der Waals surface area contributed by atoms with Gasteiger partial charge < -0.3 is 9.88 Å². The molecular weight excluding hydrogens is 343 g/mol. The van der Waals surface area contributed by atoms with Crippen molar-refractivity contribution in [2.45, 2.75) is 13.0 Å². The molecule has 1 heterocycles. The third-order valence-electron chi connectivity index (χ3n) is 4.36. The first-order valence-corrected chi connectivity index (χ1v) is 8.10. The van der Waals surface area contributed by atoms with Crippen molar-refractivity contribution >= 4 is 28.3 Å². The van der Waals surface area contributed by atoms with Crippen molar-refractivity contribution in [1.29, 1.82) is 0 Å². The van der Waals surface area contributed by atoms with Gasteiger partial charge in [-0.1, -0.05) is 29.8 Å². The summed E-state index contributed by atoms with van der Waals surface area (Å²) >= 11 is 5.77. The summed E-state index contributed by atoms with van der Waals surface area (Å²) in [6.07, 6.45) is 1.62. The van der Waals surface area contributed by atoms with E-state index in [9.17, 15) is 14.0 Å². The summed E-state index contributed by atoms with van der Waals surface area (Å²) in [7, 11) is 1.66. The minimum Gasteiger partial charge on any atom is -0.335 e. The van der Waals surface area contributed by atoms with Crippen molar-refractivity contribution in [2.75, 3.05) is 7.05 Å². The Bertz CT molecular complexity index is 1020. The van der Waals surface area contributed by atoms with Gasteiger partial charge in [0.15, 0.2) is 0 Å². The summed E-state index contributed by atoms with van der Waals surface area (Å²) in [6.45, 7) is 1.86. The number of amides is 1. The maximum absolute atomic E-state index is 13.3. The van der Waals surface area contributed by atoms with Crippen molar-refractivity contribution in [3.8, 4) is 0 Å². The van der Waals surface area contributed by atoms with Crippen LogP contribution in [0.3, 0.4) is 0 Å². The number of carbonyl (C=O) groups excluding carboxylic acids is 1. The number of benzene rings is 2. The molecule has 4 nitrogen and oxygen atoms in total. The smallest absolute Gasteiger partial charge is 0.255 e. The molecule has 0 bridgehead atoms. The molecule has 128 valence electrons. The first kappa shape index (κ1) is 17.2. The van der Waals surface area contributed by atoms with Gasteiger partial charge in [-0.2, -0.15) is 0 Å². The molecule has 2 aromatic carbocycles. The Labute approximate surface area is 148 Å². The topological polar surface area (TPSA) is 53.2 Å². The van der Waals surface area contributed by atoms with Crippen LogP contribution in [0.4, 0.5) is 4.39 Å². The van der Waals surface area contributed by atoms with Gasteiger partial charge >= 0.3 is 0 Å². The lowest BCUT2D eigenvalue weighted by molar-refractivity contribution is 0.0743.